The standard InChI is InChI=1S/C25H29F4N5O5/c1-39-20-8-14(15(26)12-30-20)17-9-18(33-32-17)22(37)34-7-3-13(10-23(34)5-6-23)21(36)31-16-2-4-24(38,11-19(16)35)25(27,28)29/h8-9,12-13,16,19,35,38H,2-7,10-11H2,1H3,(H,31,36)(H,32,33)/t13-,16?,19?,24?/m0/s1. The molecular weight excluding hydrogens is 526 g/mol. The quantitative estimate of drug-likeness (QED) is 0.415. The molecule has 1 spiro atoms. The summed E-state index contributed by atoms with van der Waals surface area (Å²) in [5.74, 6) is -1.64. The second kappa shape index (κ2) is 9.73. The predicted molar refractivity (Wildman–Crippen MR) is 127 cm³/mol. The minimum Gasteiger partial charge on any atom is -0.481 e. The Labute approximate surface area is 220 Å². The molecule has 2 amide bonds. The van der Waals surface area contributed by atoms with E-state index in [0.717, 1.165) is 6.20 Å². The second-order valence-electron chi connectivity index (χ2n) is 10.7. The summed E-state index contributed by atoms with van der Waals surface area (Å²) in [5, 5.41) is 29.5. The molecule has 3 heterocycles. The number of rotatable bonds is 5. The summed E-state index contributed by atoms with van der Waals surface area (Å²) in [5.41, 5.74) is -3.02. The van der Waals surface area contributed by atoms with Crippen molar-refractivity contribution >= 4 is 11.8 Å². The van der Waals surface area contributed by atoms with E-state index in [1.165, 1.54) is 19.2 Å². The topological polar surface area (TPSA) is 141 Å². The number of aliphatic hydroxyl groups excluding tert-OH is 1. The Morgan fingerprint density at radius 1 is 1.21 bits per heavy atom. The lowest BCUT2D eigenvalue weighted by Gasteiger charge is -2.42. The average molecular weight is 556 g/mol. The Hall–Kier alpha value is -3.26. The molecule has 212 valence electrons. The van der Waals surface area contributed by atoms with E-state index in [9.17, 15) is 37.4 Å². The molecule has 39 heavy (non-hydrogen) atoms. The summed E-state index contributed by atoms with van der Waals surface area (Å²) in [7, 11) is 1.40. The van der Waals surface area contributed by atoms with Crippen molar-refractivity contribution in [2.45, 2.75) is 74.4 Å². The summed E-state index contributed by atoms with van der Waals surface area (Å²) in [6.45, 7) is 0.268. The smallest absolute Gasteiger partial charge is 0.417 e. The van der Waals surface area contributed by atoms with Gasteiger partial charge in [0.2, 0.25) is 11.8 Å². The fraction of sp³-hybridized carbons (Fsp3) is 0.600. The molecule has 3 aliphatic rings. The molecule has 1 aliphatic heterocycles. The molecule has 5 rings (SSSR count). The van der Waals surface area contributed by atoms with Crippen LogP contribution in [0.25, 0.3) is 11.3 Å². The zero-order chi connectivity index (χ0) is 28.2. The van der Waals surface area contributed by atoms with Gasteiger partial charge < -0.3 is 25.2 Å². The van der Waals surface area contributed by atoms with Crippen molar-refractivity contribution in [1.82, 2.24) is 25.4 Å². The maximum Gasteiger partial charge on any atom is 0.417 e. The van der Waals surface area contributed by atoms with Crippen LogP contribution in [0.5, 0.6) is 5.88 Å². The zero-order valence-corrected chi connectivity index (χ0v) is 21.1. The number of nitrogens with one attached hydrogen (secondary N) is 2. The number of ether oxygens (including phenoxy) is 1. The number of carbonyl (C=O) groups is 2. The summed E-state index contributed by atoms with van der Waals surface area (Å²) in [6, 6.07) is 1.92. The van der Waals surface area contributed by atoms with Crippen LogP contribution in [0, 0.1) is 11.7 Å². The van der Waals surface area contributed by atoms with Crippen LogP contribution < -0.4 is 10.1 Å². The highest BCUT2D eigenvalue weighted by atomic mass is 19.4. The molecule has 2 aromatic heterocycles. The fourth-order valence-electron chi connectivity index (χ4n) is 5.70. The number of likely N-dealkylation sites (tertiary alicyclic amines) is 1. The molecule has 0 radical (unpaired) electrons. The highest BCUT2D eigenvalue weighted by Gasteiger charge is 2.58. The predicted octanol–water partition coefficient (Wildman–Crippen LogP) is 2.33. The monoisotopic (exact) mass is 555 g/mol. The number of pyridine rings is 1. The lowest BCUT2D eigenvalue weighted by Crippen LogP contribution is -2.58. The number of aromatic nitrogens is 3. The summed E-state index contributed by atoms with van der Waals surface area (Å²) in [6.07, 6.45) is -5.06. The molecule has 4 N–H and O–H groups in total. The maximum atomic E-state index is 14.3. The van der Waals surface area contributed by atoms with E-state index in [-0.39, 0.29) is 47.6 Å². The summed E-state index contributed by atoms with van der Waals surface area (Å²) in [4.78, 5) is 31.8. The van der Waals surface area contributed by atoms with Gasteiger partial charge in [0.05, 0.1) is 31.1 Å². The Morgan fingerprint density at radius 2 is 1.95 bits per heavy atom. The van der Waals surface area contributed by atoms with Gasteiger partial charge in [-0.1, -0.05) is 0 Å². The van der Waals surface area contributed by atoms with E-state index in [4.69, 9.17) is 4.74 Å². The van der Waals surface area contributed by atoms with E-state index in [2.05, 4.69) is 20.5 Å². The van der Waals surface area contributed by atoms with Crippen LogP contribution in [0.1, 0.15) is 55.4 Å². The van der Waals surface area contributed by atoms with Gasteiger partial charge >= 0.3 is 6.18 Å². The third-order valence-electron chi connectivity index (χ3n) is 8.20. The van der Waals surface area contributed by atoms with Gasteiger partial charge in [0.25, 0.3) is 5.91 Å². The average Bonchev–Trinajstić information content (AvgIpc) is 3.46. The number of methoxy groups -OCH3 is 1. The molecule has 2 aliphatic carbocycles. The molecule has 1 saturated heterocycles. The first-order valence-corrected chi connectivity index (χ1v) is 12.7. The van der Waals surface area contributed by atoms with Gasteiger partial charge in [-0.05, 0) is 44.6 Å². The van der Waals surface area contributed by atoms with Crippen molar-refractivity contribution in [2.75, 3.05) is 13.7 Å². The Bertz CT molecular complexity index is 1270. The first-order valence-electron chi connectivity index (χ1n) is 12.7. The van der Waals surface area contributed by atoms with E-state index in [0.29, 0.717) is 25.7 Å². The number of alkyl halides is 3. The van der Waals surface area contributed by atoms with Crippen LogP contribution in [0.4, 0.5) is 17.6 Å². The lowest BCUT2D eigenvalue weighted by atomic mass is 9.79. The van der Waals surface area contributed by atoms with Crippen molar-refractivity contribution < 1.29 is 42.1 Å². The van der Waals surface area contributed by atoms with Gasteiger partial charge in [0.1, 0.15) is 5.69 Å². The van der Waals surface area contributed by atoms with Crippen molar-refractivity contribution in [2.24, 2.45) is 5.92 Å². The minimum absolute atomic E-state index is 0.118. The number of carbonyl (C=O) groups excluding carboxylic acids is 2. The normalized spacial score (nSPS) is 28.3. The van der Waals surface area contributed by atoms with Crippen LogP contribution in [-0.2, 0) is 4.79 Å². The van der Waals surface area contributed by atoms with Crippen molar-refractivity contribution in [3.63, 3.8) is 0 Å². The molecule has 3 fully saturated rings. The number of halogens is 4. The Balaban J connectivity index is 1.22. The molecule has 2 aromatic rings. The van der Waals surface area contributed by atoms with Gasteiger partial charge in [0.15, 0.2) is 11.4 Å². The van der Waals surface area contributed by atoms with Crippen LogP contribution in [0.2, 0.25) is 0 Å². The lowest BCUT2D eigenvalue weighted by molar-refractivity contribution is -0.279. The van der Waals surface area contributed by atoms with Crippen LogP contribution in [0.15, 0.2) is 18.3 Å². The zero-order valence-electron chi connectivity index (χ0n) is 21.1. The first-order chi connectivity index (χ1) is 18.4. The maximum absolute atomic E-state index is 14.3. The first kappa shape index (κ1) is 27.3. The molecule has 0 aromatic carbocycles. The number of nitrogens with zero attached hydrogens (tertiary/aromatic N) is 3. The molecule has 14 heteroatoms. The van der Waals surface area contributed by atoms with Gasteiger partial charge in [-0.2, -0.15) is 18.3 Å². The van der Waals surface area contributed by atoms with Gasteiger partial charge in [-0.25, -0.2) is 9.37 Å². The SMILES string of the molecule is COc1cc(-c2cc(C(=O)N3CC[C@H](C(=O)NC4CCC(O)(C(F)(F)F)CC4O)CC34CC4)[nH]n2)c(F)cn1. The van der Waals surface area contributed by atoms with E-state index >= 15 is 0 Å². The fourth-order valence-corrected chi connectivity index (χ4v) is 5.70. The number of piperidine rings is 1. The highest BCUT2D eigenvalue weighted by Crippen LogP contribution is 2.50. The number of hydrogen-bond acceptors (Lipinski definition) is 7. The molecule has 10 nitrogen and oxygen atoms in total. The van der Waals surface area contributed by atoms with Gasteiger partial charge in [0, 0.05) is 36.1 Å². The molecular formula is C25H29F4N5O5. The second-order valence-corrected chi connectivity index (χ2v) is 10.7. The number of amides is 2. The van der Waals surface area contributed by atoms with E-state index < -0.39 is 54.0 Å². The largest absolute Gasteiger partial charge is 0.481 e. The van der Waals surface area contributed by atoms with Crippen LogP contribution in [0.3, 0.4) is 0 Å². The number of aromatic amines is 1. The Kier molecular flexibility index (Phi) is 6.82. The molecule has 4 atom stereocenters. The molecule has 2 saturated carbocycles. The van der Waals surface area contributed by atoms with Crippen molar-refractivity contribution in [3.8, 4) is 17.1 Å². The summed E-state index contributed by atoms with van der Waals surface area (Å²) < 4.78 is 58.7. The number of H-pyrrole nitrogens is 1. The van der Waals surface area contributed by atoms with Crippen molar-refractivity contribution in [1.29, 1.82) is 0 Å². The molecule has 0 bridgehead atoms. The number of aliphatic hydroxyl groups is 2. The Morgan fingerprint density at radius 3 is 2.59 bits per heavy atom. The van der Waals surface area contributed by atoms with Crippen molar-refractivity contribution in [3.05, 3.63) is 29.8 Å². The van der Waals surface area contributed by atoms with Crippen LogP contribution >= 0.6 is 0 Å². The molecule has 3 unspecified atom stereocenters. The van der Waals surface area contributed by atoms with Crippen LogP contribution in [-0.4, -0.2) is 85.2 Å². The summed E-state index contributed by atoms with van der Waals surface area (Å²) >= 11 is 0. The third kappa shape index (κ3) is 5.07. The third-order valence-corrected chi connectivity index (χ3v) is 8.20. The minimum atomic E-state index is -4.87. The van der Waals surface area contributed by atoms with Gasteiger partial charge in [-0.15, -0.1) is 0 Å². The highest BCUT2D eigenvalue weighted by molar-refractivity contribution is 5.94. The number of hydrogen-bond donors (Lipinski definition) is 4. The van der Waals surface area contributed by atoms with E-state index in [1.54, 1.807) is 4.90 Å². The van der Waals surface area contributed by atoms with E-state index in [1.807, 2.05) is 0 Å². The van der Waals surface area contributed by atoms with Gasteiger partial charge in [-0.3, -0.25) is 14.7 Å².